The summed E-state index contributed by atoms with van der Waals surface area (Å²) in [6.07, 6.45) is 0. The van der Waals surface area contributed by atoms with Crippen molar-refractivity contribution in [2.45, 2.75) is 31.6 Å². The number of sulfonamides is 1. The topological polar surface area (TPSA) is 93.7 Å². The van der Waals surface area contributed by atoms with Crippen molar-refractivity contribution in [3.63, 3.8) is 0 Å². The Morgan fingerprint density at radius 2 is 1.67 bits per heavy atom. The van der Waals surface area contributed by atoms with E-state index in [-0.39, 0.29) is 23.3 Å². The van der Waals surface area contributed by atoms with E-state index in [1.165, 1.54) is 31.4 Å². The van der Waals surface area contributed by atoms with Gasteiger partial charge < -0.3 is 14.8 Å². The number of benzene rings is 3. The predicted molar refractivity (Wildman–Crippen MR) is 130 cm³/mol. The summed E-state index contributed by atoms with van der Waals surface area (Å²) in [6, 6.07) is 18.4. The first-order chi connectivity index (χ1) is 15.7. The highest BCUT2D eigenvalue weighted by Gasteiger charge is 2.16. The van der Waals surface area contributed by atoms with Crippen LogP contribution in [0.4, 0.5) is 11.4 Å². The molecule has 0 aliphatic heterocycles. The summed E-state index contributed by atoms with van der Waals surface area (Å²) in [4.78, 5) is 12.5. The summed E-state index contributed by atoms with van der Waals surface area (Å²) in [5.41, 5.74) is 3.23. The highest BCUT2D eigenvalue weighted by atomic mass is 32.2. The minimum Gasteiger partial charge on any atom is -0.497 e. The number of rotatable bonds is 9. The normalized spacial score (nSPS) is 11.2. The van der Waals surface area contributed by atoms with Gasteiger partial charge >= 0.3 is 0 Å². The van der Waals surface area contributed by atoms with Crippen LogP contribution in [0.1, 0.15) is 30.9 Å². The quantitative estimate of drug-likeness (QED) is 0.464. The lowest BCUT2D eigenvalue weighted by Gasteiger charge is -2.16. The van der Waals surface area contributed by atoms with E-state index in [0.29, 0.717) is 17.2 Å². The molecule has 2 N–H and O–H groups in total. The number of aryl methyl sites for hydroxylation is 1. The molecule has 0 aliphatic carbocycles. The summed E-state index contributed by atoms with van der Waals surface area (Å²) in [5.74, 6) is 0.909. The highest BCUT2D eigenvalue weighted by molar-refractivity contribution is 7.92. The second-order valence-electron chi connectivity index (χ2n) is 7.84. The number of ether oxygens (including phenoxy) is 2. The number of hydrogen-bond donors (Lipinski definition) is 2. The molecule has 174 valence electrons. The molecule has 3 aromatic rings. The largest absolute Gasteiger partial charge is 0.497 e. The lowest BCUT2D eigenvalue weighted by atomic mass is 9.98. The van der Waals surface area contributed by atoms with Crippen LogP contribution in [0, 0.1) is 6.92 Å². The third kappa shape index (κ3) is 6.26. The van der Waals surface area contributed by atoms with Crippen molar-refractivity contribution in [1.29, 1.82) is 0 Å². The van der Waals surface area contributed by atoms with E-state index in [2.05, 4.69) is 23.9 Å². The van der Waals surface area contributed by atoms with Crippen LogP contribution in [0.15, 0.2) is 71.6 Å². The van der Waals surface area contributed by atoms with Gasteiger partial charge in [0.2, 0.25) is 0 Å². The summed E-state index contributed by atoms with van der Waals surface area (Å²) < 4.78 is 38.5. The summed E-state index contributed by atoms with van der Waals surface area (Å²) in [6.45, 7) is 5.89. The fourth-order valence-electron chi connectivity index (χ4n) is 3.28. The molecule has 0 saturated heterocycles. The second kappa shape index (κ2) is 10.4. The molecule has 33 heavy (non-hydrogen) atoms. The van der Waals surface area contributed by atoms with E-state index in [0.717, 1.165) is 16.8 Å². The Labute approximate surface area is 194 Å². The molecule has 1 amide bonds. The molecule has 0 aliphatic rings. The zero-order valence-corrected chi connectivity index (χ0v) is 19.9. The van der Waals surface area contributed by atoms with E-state index >= 15 is 0 Å². The van der Waals surface area contributed by atoms with Gasteiger partial charge in [-0.25, -0.2) is 8.42 Å². The van der Waals surface area contributed by atoms with E-state index in [9.17, 15) is 13.2 Å². The number of anilines is 2. The average Bonchev–Trinajstić information content (AvgIpc) is 2.79. The van der Waals surface area contributed by atoms with Crippen molar-refractivity contribution >= 4 is 27.3 Å². The van der Waals surface area contributed by atoms with Gasteiger partial charge in [0.15, 0.2) is 6.61 Å². The van der Waals surface area contributed by atoms with Crippen LogP contribution in [0.25, 0.3) is 0 Å². The summed E-state index contributed by atoms with van der Waals surface area (Å²) >= 11 is 0. The van der Waals surface area contributed by atoms with Gasteiger partial charge in [-0.15, -0.1) is 0 Å². The first-order valence-electron chi connectivity index (χ1n) is 10.5. The van der Waals surface area contributed by atoms with Gasteiger partial charge in [0.1, 0.15) is 11.5 Å². The first-order valence-corrected chi connectivity index (χ1v) is 12.0. The number of carbonyl (C=O) groups is 1. The van der Waals surface area contributed by atoms with Crippen molar-refractivity contribution < 1.29 is 22.7 Å². The smallest absolute Gasteiger partial charge is 0.262 e. The van der Waals surface area contributed by atoms with Crippen molar-refractivity contribution in [3.8, 4) is 11.5 Å². The Morgan fingerprint density at radius 3 is 2.33 bits per heavy atom. The van der Waals surface area contributed by atoms with Gasteiger partial charge in [0.25, 0.3) is 15.9 Å². The molecule has 8 heteroatoms. The number of amides is 1. The maximum Gasteiger partial charge on any atom is 0.262 e. The number of carbonyl (C=O) groups excluding carboxylic acids is 1. The Hall–Kier alpha value is -3.52. The molecular weight excluding hydrogens is 440 g/mol. The molecule has 0 spiro atoms. The van der Waals surface area contributed by atoms with Crippen LogP contribution in [0.5, 0.6) is 11.5 Å². The molecule has 0 heterocycles. The average molecular weight is 469 g/mol. The van der Waals surface area contributed by atoms with Crippen molar-refractivity contribution in [3.05, 3.63) is 77.9 Å². The standard InChI is InChI=1S/C25H28N2O5S/c1-17(2)23-10-5-7-18(3)25(23)26-24(28)16-32-20-11-13-22(14-12-20)33(29,30)27-19-8-6-9-21(15-19)31-4/h5-15,17,27H,16H2,1-4H3,(H,26,28). The zero-order chi connectivity index (χ0) is 24.0. The van der Waals surface area contributed by atoms with E-state index < -0.39 is 10.0 Å². The lowest BCUT2D eigenvalue weighted by Crippen LogP contribution is -2.21. The molecule has 0 atom stereocenters. The molecule has 0 radical (unpaired) electrons. The van der Waals surface area contributed by atoms with E-state index in [4.69, 9.17) is 9.47 Å². The van der Waals surface area contributed by atoms with Crippen LogP contribution in [0.2, 0.25) is 0 Å². The van der Waals surface area contributed by atoms with E-state index in [1.54, 1.807) is 24.3 Å². The Bertz CT molecular complexity index is 1220. The number of methoxy groups -OCH3 is 1. The highest BCUT2D eigenvalue weighted by Crippen LogP contribution is 2.27. The predicted octanol–water partition coefficient (Wildman–Crippen LogP) is 4.95. The van der Waals surface area contributed by atoms with Gasteiger partial charge in [-0.2, -0.15) is 0 Å². The lowest BCUT2D eigenvalue weighted by molar-refractivity contribution is -0.118. The van der Waals surface area contributed by atoms with Gasteiger partial charge in [-0.3, -0.25) is 9.52 Å². The fourth-order valence-corrected chi connectivity index (χ4v) is 4.33. The fraction of sp³-hybridized carbons (Fsp3) is 0.240. The molecule has 0 saturated carbocycles. The Morgan fingerprint density at radius 1 is 0.970 bits per heavy atom. The van der Waals surface area contributed by atoms with Crippen molar-refractivity contribution in [2.24, 2.45) is 0 Å². The molecule has 0 aromatic heterocycles. The van der Waals surface area contributed by atoms with Crippen LogP contribution in [-0.2, 0) is 14.8 Å². The van der Waals surface area contributed by atoms with Crippen molar-refractivity contribution in [1.82, 2.24) is 0 Å². The van der Waals surface area contributed by atoms with Crippen LogP contribution in [0.3, 0.4) is 0 Å². The van der Waals surface area contributed by atoms with Crippen molar-refractivity contribution in [2.75, 3.05) is 23.8 Å². The molecule has 0 bridgehead atoms. The van der Waals surface area contributed by atoms with Gasteiger partial charge in [-0.05, 0) is 60.4 Å². The molecule has 3 rings (SSSR count). The van der Waals surface area contributed by atoms with Gasteiger partial charge in [0.05, 0.1) is 17.7 Å². The monoisotopic (exact) mass is 468 g/mol. The minimum absolute atomic E-state index is 0.0728. The molecule has 0 unspecified atom stereocenters. The van der Waals surface area contributed by atoms with Gasteiger partial charge in [-0.1, -0.05) is 38.1 Å². The summed E-state index contributed by atoms with van der Waals surface area (Å²) in [7, 11) is -2.27. The number of para-hydroxylation sites is 1. The van der Waals surface area contributed by atoms with Crippen LogP contribution < -0.4 is 19.5 Å². The third-order valence-electron chi connectivity index (χ3n) is 5.02. The number of hydrogen-bond acceptors (Lipinski definition) is 5. The van der Waals surface area contributed by atoms with E-state index in [1.807, 2.05) is 25.1 Å². The molecular formula is C25H28N2O5S. The number of nitrogens with one attached hydrogen (secondary N) is 2. The zero-order valence-electron chi connectivity index (χ0n) is 19.1. The van der Waals surface area contributed by atoms with Crippen LogP contribution in [-0.4, -0.2) is 28.0 Å². The molecule has 3 aromatic carbocycles. The summed E-state index contributed by atoms with van der Waals surface area (Å²) in [5, 5.41) is 2.92. The third-order valence-corrected chi connectivity index (χ3v) is 6.41. The molecule has 0 fully saturated rings. The maximum atomic E-state index is 12.6. The van der Waals surface area contributed by atoms with Gasteiger partial charge in [0, 0.05) is 11.8 Å². The second-order valence-corrected chi connectivity index (χ2v) is 9.52. The minimum atomic E-state index is -3.79. The van der Waals surface area contributed by atoms with Crippen LogP contribution >= 0.6 is 0 Å². The molecule has 7 nitrogen and oxygen atoms in total. The maximum absolute atomic E-state index is 12.6. The Balaban J connectivity index is 1.62. The first kappa shape index (κ1) is 24.1. The SMILES string of the molecule is COc1cccc(NS(=O)(=O)c2ccc(OCC(=O)Nc3c(C)cccc3C(C)C)cc2)c1. The Kier molecular flexibility index (Phi) is 7.60.